The Morgan fingerprint density at radius 2 is 2.00 bits per heavy atom. The SMILES string of the molecule is CCNC(=NCc1coc(-c2ccc(C)cc2)n1)NCCN(C(C)C)C1CC1. The highest BCUT2D eigenvalue weighted by atomic mass is 16.3. The lowest BCUT2D eigenvalue weighted by atomic mass is 10.1. The fourth-order valence-electron chi connectivity index (χ4n) is 3.28. The van der Waals surface area contributed by atoms with E-state index in [1.807, 2.05) is 12.1 Å². The molecular weight excluding hydrogens is 350 g/mol. The zero-order chi connectivity index (χ0) is 19.9. The summed E-state index contributed by atoms with van der Waals surface area (Å²) in [6.07, 6.45) is 4.36. The number of aromatic nitrogens is 1. The van der Waals surface area contributed by atoms with Crippen LogP contribution in [0.1, 0.15) is 44.9 Å². The van der Waals surface area contributed by atoms with Gasteiger partial charge in [-0.3, -0.25) is 4.90 Å². The molecule has 0 amide bonds. The Labute approximate surface area is 168 Å². The average Bonchev–Trinajstić information content (AvgIpc) is 3.40. The molecule has 0 radical (unpaired) electrons. The van der Waals surface area contributed by atoms with Crippen molar-refractivity contribution in [1.29, 1.82) is 0 Å². The van der Waals surface area contributed by atoms with E-state index in [0.717, 1.165) is 42.9 Å². The van der Waals surface area contributed by atoms with Gasteiger partial charge in [0.1, 0.15) is 12.0 Å². The van der Waals surface area contributed by atoms with Gasteiger partial charge < -0.3 is 15.1 Å². The molecule has 0 bridgehead atoms. The van der Waals surface area contributed by atoms with Gasteiger partial charge >= 0.3 is 0 Å². The smallest absolute Gasteiger partial charge is 0.226 e. The minimum Gasteiger partial charge on any atom is -0.444 e. The summed E-state index contributed by atoms with van der Waals surface area (Å²) in [5, 5.41) is 6.75. The van der Waals surface area contributed by atoms with Crippen molar-refractivity contribution in [3.05, 3.63) is 41.8 Å². The van der Waals surface area contributed by atoms with Crippen LogP contribution in [0.3, 0.4) is 0 Å². The number of benzene rings is 1. The predicted molar refractivity (Wildman–Crippen MR) is 114 cm³/mol. The Kier molecular flexibility index (Phi) is 7.09. The number of guanidine groups is 1. The molecule has 1 aromatic carbocycles. The van der Waals surface area contributed by atoms with Gasteiger partial charge in [0.15, 0.2) is 5.96 Å². The summed E-state index contributed by atoms with van der Waals surface area (Å²) in [5.41, 5.74) is 3.04. The molecule has 6 heteroatoms. The van der Waals surface area contributed by atoms with E-state index in [4.69, 9.17) is 4.42 Å². The van der Waals surface area contributed by atoms with Crippen molar-refractivity contribution in [2.24, 2.45) is 4.99 Å². The van der Waals surface area contributed by atoms with Crippen molar-refractivity contribution in [3.63, 3.8) is 0 Å². The van der Waals surface area contributed by atoms with Gasteiger partial charge in [-0.1, -0.05) is 17.7 Å². The van der Waals surface area contributed by atoms with Gasteiger partial charge in [0.25, 0.3) is 0 Å². The first-order valence-corrected chi connectivity index (χ1v) is 10.4. The molecule has 1 fully saturated rings. The number of hydrogen-bond donors (Lipinski definition) is 2. The summed E-state index contributed by atoms with van der Waals surface area (Å²) in [6, 6.07) is 9.54. The minimum atomic E-state index is 0.487. The summed E-state index contributed by atoms with van der Waals surface area (Å²) in [5.74, 6) is 1.46. The van der Waals surface area contributed by atoms with Crippen molar-refractivity contribution in [1.82, 2.24) is 20.5 Å². The molecule has 1 aliphatic carbocycles. The molecule has 0 atom stereocenters. The summed E-state index contributed by atoms with van der Waals surface area (Å²) in [7, 11) is 0. The van der Waals surface area contributed by atoms with Gasteiger partial charge in [-0.25, -0.2) is 9.98 Å². The van der Waals surface area contributed by atoms with E-state index in [2.05, 4.69) is 65.3 Å². The lowest BCUT2D eigenvalue weighted by molar-refractivity contribution is 0.215. The molecule has 0 aliphatic heterocycles. The molecule has 0 unspecified atom stereocenters. The van der Waals surface area contributed by atoms with Crippen LogP contribution in [0.4, 0.5) is 0 Å². The Balaban J connectivity index is 1.54. The lowest BCUT2D eigenvalue weighted by Gasteiger charge is -2.26. The zero-order valence-corrected chi connectivity index (χ0v) is 17.5. The molecule has 1 saturated carbocycles. The number of aliphatic imine (C=N–C) groups is 1. The first kappa shape index (κ1) is 20.4. The number of hydrogen-bond acceptors (Lipinski definition) is 4. The van der Waals surface area contributed by atoms with Crippen LogP contribution in [0.15, 0.2) is 39.9 Å². The van der Waals surface area contributed by atoms with E-state index in [0.29, 0.717) is 18.5 Å². The standard InChI is InChI=1S/C22H33N5O/c1-5-23-22(24-12-13-27(16(2)3)20-10-11-20)25-14-19-15-28-21(26-19)18-8-6-17(4)7-9-18/h6-9,15-16,20H,5,10-14H2,1-4H3,(H2,23,24,25). The molecule has 28 heavy (non-hydrogen) atoms. The fourth-order valence-corrected chi connectivity index (χ4v) is 3.28. The monoisotopic (exact) mass is 383 g/mol. The van der Waals surface area contributed by atoms with Crippen molar-refractivity contribution in [2.75, 3.05) is 19.6 Å². The molecule has 0 spiro atoms. The first-order valence-electron chi connectivity index (χ1n) is 10.4. The van der Waals surface area contributed by atoms with Crippen LogP contribution in [0.2, 0.25) is 0 Å². The molecule has 2 aromatic rings. The molecule has 152 valence electrons. The van der Waals surface area contributed by atoms with Crippen molar-refractivity contribution in [3.8, 4) is 11.5 Å². The second-order valence-corrected chi connectivity index (χ2v) is 7.69. The largest absolute Gasteiger partial charge is 0.444 e. The Morgan fingerprint density at radius 1 is 1.25 bits per heavy atom. The molecule has 3 rings (SSSR count). The highest BCUT2D eigenvalue weighted by Crippen LogP contribution is 2.27. The van der Waals surface area contributed by atoms with Gasteiger partial charge in [0, 0.05) is 37.3 Å². The third kappa shape index (κ3) is 5.83. The molecular formula is C22H33N5O. The zero-order valence-electron chi connectivity index (χ0n) is 17.5. The third-order valence-corrected chi connectivity index (χ3v) is 4.94. The first-order chi connectivity index (χ1) is 13.6. The molecule has 2 N–H and O–H groups in total. The van der Waals surface area contributed by atoms with Crippen molar-refractivity contribution in [2.45, 2.75) is 59.2 Å². The van der Waals surface area contributed by atoms with Crippen molar-refractivity contribution >= 4 is 5.96 Å². The van der Waals surface area contributed by atoms with E-state index in [9.17, 15) is 0 Å². The van der Waals surface area contributed by atoms with Gasteiger partial charge in [-0.15, -0.1) is 0 Å². The Hall–Kier alpha value is -2.34. The highest BCUT2D eigenvalue weighted by Gasteiger charge is 2.30. The molecule has 1 aromatic heterocycles. The molecule has 1 heterocycles. The number of aryl methyl sites for hydroxylation is 1. The Bertz CT molecular complexity index is 759. The summed E-state index contributed by atoms with van der Waals surface area (Å²) < 4.78 is 5.63. The van der Waals surface area contributed by atoms with E-state index >= 15 is 0 Å². The molecule has 0 saturated heterocycles. The summed E-state index contributed by atoms with van der Waals surface area (Å²) in [4.78, 5) is 11.8. The van der Waals surface area contributed by atoms with Crippen LogP contribution in [-0.4, -0.2) is 47.6 Å². The van der Waals surface area contributed by atoms with Gasteiger partial charge in [-0.2, -0.15) is 0 Å². The number of nitrogens with zero attached hydrogens (tertiary/aromatic N) is 3. The van der Waals surface area contributed by atoms with E-state index < -0.39 is 0 Å². The van der Waals surface area contributed by atoms with Gasteiger partial charge in [0.05, 0.1) is 6.54 Å². The van der Waals surface area contributed by atoms with Crippen molar-refractivity contribution < 1.29 is 4.42 Å². The van der Waals surface area contributed by atoms with E-state index in [-0.39, 0.29) is 0 Å². The van der Waals surface area contributed by atoms with E-state index in [1.54, 1.807) is 6.26 Å². The third-order valence-electron chi connectivity index (χ3n) is 4.94. The summed E-state index contributed by atoms with van der Waals surface area (Å²) in [6.45, 7) is 11.9. The van der Waals surface area contributed by atoms with Gasteiger partial charge in [-0.05, 0) is 52.7 Å². The maximum atomic E-state index is 5.63. The van der Waals surface area contributed by atoms with Gasteiger partial charge in [0.2, 0.25) is 5.89 Å². The summed E-state index contributed by atoms with van der Waals surface area (Å²) >= 11 is 0. The van der Waals surface area contributed by atoms with Crippen LogP contribution in [0.25, 0.3) is 11.5 Å². The minimum absolute atomic E-state index is 0.487. The van der Waals surface area contributed by atoms with Crippen LogP contribution in [-0.2, 0) is 6.54 Å². The fraction of sp³-hybridized carbons (Fsp3) is 0.545. The topological polar surface area (TPSA) is 65.7 Å². The maximum absolute atomic E-state index is 5.63. The normalized spacial score (nSPS) is 14.7. The van der Waals surface area contributed by atoms with Crippen LogP contribution < -0.4 is 10.6 Å². The molecule has 1 aliphatic rings. The van der Waals surface area contributed by atoms with Crippen LogP contribution in [0.5, 0.6) is 0 Å². The highest BCUT2D eigenvalue weighted by molar-refractivity contribution is 5.79. The Morgan fingerprint density at radius 3 is 2.64 bits per heavy atom. The predicted octanol–water partition coefficient (Wildman–Crippen LogP) is 3.58. The average molecular weight is 384 g/mol. The maximum Gasteiger partial charge on any atom is 0.226 e. The molecule has 6 nitrogen and oxygen atoms in total. The quantitative estimate of drug-likeness (QED) is 0.512. The number of rotatable bonds is 9. The lowest BCUT2D eigenvalue weighted by Crippen LogP contribution is -2.43. The second kappa shape index (κ2) is 9.73. The van der Waals surface area contributed by atoms with E-state index in [1.165, 1.54) is 18.4 Å². The van der Waals surface area contributed by atoms with Crippen LogP contribution >= 0.6 is 0 Å². The second-order valence-electron chi connectivity index (χ2n) is 7.69. The number of oxazole rings is 1. The van der Waals surface area contributed by atoms with Crippen LogP contribution in [0, 0.1) is 6.92 Å². The number of nitrogens with one attached hydrogen (secondary N) is 2.